The SMILES string of the molecule is O=C(NCc1ncc(OB(O)O)cc1F)c1cc2c(s1)CCCC2. The molecule has 0 saturated carbocycles. The molecule has 0 radical (unpaired) electrons. The zero-order valence-corrected chi connectivity index (χ0v) is 13.6. The van der Waals surface area contributed by atoms with Gasteiger partial charge in [-0.25, -0.2) is 4.39 Å². The van der Waals surface area contributed by atoms with Gasteiger partial charge >= 0.3 is 7.32 Å². The number of rotatable bonds is 5. The van der Waals surface area contributed by atoms with Crippen LogP contribution in [-0.2, 0) is 19.4 Å². The van der Waals surface area contributed by atoms with Crippen molar-refractivity contribution in [2.75, 3.05) is 0 Å². The molecule has 24 heavy (non-hydrogen) atoms. The summed E-state index contributed by atoms with van der Waals surface area (Å²) >= 11 is 1.49. The molecule has 3 rings (SSSR count). The first-order valence-electron chi connectivity index (χ1n) is 7.60. The molecule has 1 amide bonds. The first-order valence-corrected chi connectivity index (χ1v) is 8.41. The van der Waals surface area contributed by atoms with Gasteiger partial charge in [0.15, 0.2) is 0 Å². The number of thiophene rings is 1. The van der Waals surface area contributed by atoms with Crippen LogP contribution in [0.5, 0.6) is 5.75 Å². The van der Waals surface area contributed by atoms with E-state index in [4.69, 9.17) is 10.0 Å². The number of aromatic nitrogens is 1. The van der Waals surface area contributed by atoms with Gasteiger partial charge in [-0.15, -0.1) is 11.3 Å². The van der Waals surface area contributed by atoms with Gasteiger partial charge < -0.3 is 20.0 Å². The molecular formula is C15H16BFN2O4S. The summed E-state index contributed by atoms with van der Waals surface area (Å²) in [6.45, 7) is -0.0603. The Hall–Kier alpha value is -1.97. The van der Waals surface area contributed by atoms with E-state index in [1.807, 2.05) is 6.07 Å². The first kappa shape index (κ1) is 16.9. The molecule has 1 aliphatic carbocycles. The summed E-state index contributed by atoms with van der Waals surface area (Å²) in [5.41, 5.74) is 1.29. The van der Waals surface area contributed by atoms with Gasteiger partial charge in [0.25, 0.3) is 5.91 Å². The van der Waals surface area contributed by atoms with Gasteiger partial charge in [0.1, 0.15) is 11.6 Å². The molecule has 0 spiro atoms. The van der Waals surface area contributed by atoms with Gasteiger partial charge in [-0.1, -0.05) is 0 Å². The summed E-state index contributed by atoms with van der Waals surface area (Å²) in [6.07, 6.45) is 5.49. The minimum Gasteiger partial charge on any atom is -0.511 e. The van der Waals surface area contributed by atoms with Gasteiger partial charge in [-0.05, 0) is 37.3 Å². The summed E-state index contributed by atoms with van der Waals surface area (Å²) in [4.78, 5) is 17.9. The van der Waals surface area contributed by atoms with Gasteiger partial charge in [0.05, 0.1) is 23.3 Å². The monoisotopic (exact) mass is 350 g/mol. The number of aryl methyl sites for hydroxylation is 2. The van der Waals surface area contributed by atoms with Crippen LogP contribution in [0.15, 0.2) is 18.3 Å². The lowest BCUT2D eigenvalue weighted by molar-refractivity contribution is 0.0954. The third kappa shape index (κ3) is 3.92. The van der Waals surface area contributed by atoms with E-state index < -0.39 is 13.1 Å². The van der Waals surface area contributed by atoms with Gasteiger partial charge in [-0.2, -0.15) is 0 Å². The number of amides is 1. The Morgan fingerprint density at radius 1 is 1.38 bits per heavy atom. The Bertz CT molecular complexity index is 730. The molecule has 0 saturated heterocycles. The van der Waals surface area contributed by atoms with Crippen molar-refractivity contribution in [3.8, 4) is 5.75 Å². The lowest BCUT2D eigenvalue weighted by Gasteiger charge is -2.08. The quantitative estimate of drug-likeness (QED) is 0.710. The minimum atomic E-state index is -2.04. The van der Waals surface area contributed by atoms with Crippen molar-refractivity contribution in [1.29, 1.82) is 0 Å². The maximum Gasteiger partial charge on any atom is 0.707 e. The highest BCUT2D eigenvalue weighted by Crippen LogP contribution is 2.29. The molecule has 9 heteroatoms. The zero-order valence-electron chi connectivity index (χ0n) is 12.8. The summed E-state index contributed by atoms with van der Waals surface area (Å²) in [5.74, 6) is -1.05. The number of hydrogen-bond donors (Lipinski definition) is 3. The standard InChI is InChI=1S/C15H16BFN2O4S/c17-11-6-10(23-16(21)22)7-18-12(11)8-19-15(20)14-5-9-3-1-2-4-13(9)24-14/h5-7,21-22H,1-4,8H2,(H,19,20). The molecule has 126 valence electrons. The molecule has 2 aromatic rings. The molecule has 0 fully saturated rings. The van der Waals surface area contributed by atoms with Crippen LogP contribution in [-0.4, -0.2) is 28.3 Å². The first-order chi connectivity index (χ1) is 11.5. The van der Waals surface area contributed by atoms with E-state index in [1.54, 1.807) is 0 Å². The second-order valence-electron chi connectivity index (χ2n) is 5.49. The number of pyridine rings is 1. The minimum absolute atomic E-state index is 0.0458. The summed E-state index contributed by atoms with van der Waals surface area (Å²) in [6, 6.07) is 2.90. The van der Waals surface area contributed by atoms with E-state index >= 15 is 0 Å². The van der Waals surface area contributed by atoms with E-state index in [0.717, 1.165) is 37.9 Å². The van der Waals surface area contributed by atoms with Crippen LogP contribution < -0.4 is 9.97 Å². The van der Waals surface area contributed by atoms with E-state index in [-0.39, 0.29) is 23.9 Å². The Morgan fingerprint density at radius 3 is 2.88 bits per heavy atom. The van der Waals surface area contributed by atoms with Crippen molar-refractivity contribution in [2.24, 2.45) is 0 Å². The average molecular weight is 350 g/mol. The molecule has 0 aromatic carbocycles. The Kier molecular flexibility index (Phi) is 5.13. The Labute approximate surface area is 142 Å². The fourth-order valence-corrected chi connectivity index (χ4v) is 3.79. The number of halogens is 1. The second-order valence-corrected chi connectivity index (χ2v) is 6.63. The third-order valence-electron chi connectivity index (χ3n) is 3.77. The summed E-state index contributed by atoms with van der Waals surface area (Å²) in [5, 5.41) is 20.0. The van der Waals surface area contributed by atoms with Gasteiger partial charge in [0.2, 0.25) is 0 Å². The molecule has 0 unspecified atom stereocenters. The van der Waals surface area contributed by atoms with E-state index in [9.17, 15) is 9.18 Å². The lowest BCUT2D eigenvalue weighted by atomic mass is 9.99. The fraction of sp³-hybridized carbons (Fsp3) is 0.333. The number of hydrogen-bond acceptors (Lipinski definition) is 6. The average Bonchev–Trinajstić information content (AvgIpc) is 2.97. The van der Waals surface area contributed by atoms with Crippen LogP contribution >= 0.6 is 11.3 Å². The van der Waals surface area contributed by atoms with E-state index in [1.165, 1.54) is 21.8 Å². The molecule has 1 aliphatic rings. The number of carbonyl (C=O) groups excluding carboxylic acids is 1. The van der Waals surface area contributed by atoms with Gasteiger partial charge in [-0.3, -0.25) is 9.78 Å². The van der Waals surface area contributed by atoms with Crippen LogP contribution in [0.25, 0.3) is 0 Å². The molecular weight excluding hydrogens is 334 g/mol. The maximum atomic E-state index is 13.9. The highest BCUT2D eigenvalue weighted by atomic mass is 32.1. The fourth-order valence-electron chi connectivity index (χ4n) is 2.62. The smallest absolute Gasteiger partial charge is 0.511 e. The highest BCUT2D eigenvalue weighted by Gasteiger charge is 2.18. The largest absolute Gasteiger partial charge is 0.707 e. The zero-order chi connectivity index (χ0) is 17.1. The Balaban J connectivity index is 1.62. The van der Waals surface area contributed by atoms with Crippen LogP contribution in [0.3, 0.4) is 0 Å². The molecule has 2 heterocycles. The van der Waals surface area contributed by atoms with E-state index in [0.29, 0.717) is 4.88 Å². The predicted molar refractivity (Wildman–Crippen MR) is 87.1 cm³/mol. The van der Waals surface area contributed by atoms with Crippen molar-refractivity contribution in [1.82, 2.24) is 10.3 Å². The van der Waals surface area contributed by atoms with Crippen LogP contribution in [0.1, 0.15) is 38.6 Å². The molecule has 0 aliphatic heterocycles. The van der Waals surface area contributed by atoms with Crippen molar-refractivity contribution < 1.29 is 23.9 Å². The summed E-state index contributed by atoms with van der Waals surface area (Å²) in [7, 11) is -2.04. The number of nitrogens with zero attached hydrogens (tertiary/aromatic N) is 1. The van der Waals surface area contributed by atoms with Crippen molar-refractivity contribution >= 4 is 24.6 Å². The topological polar surface area (TPSA) is 91.7 Å². The lowest BCUT2D eigenvalue weighted by Crippen LogP contribution is -2.23. The van der Waals surface area contributed by atoms with Crippen LogP contribution in [0, 0.1) is 5.82 Å². The van der Waals surface area contributed by atoms with Crippen LogP contribution in [0.2, 0.25) is 0 Å². The van der Waals surface area contributed by atoms with Crippen LogP contribution in [0.4, 0.5) is 4.39 Å². The van der Waals surface area contributed by atoms with Crippen molar-refractivity contribution in [2.45, 2.75) is 32.2 Å². The molecule has 0 atom stereocenters. The normalized spacial score (nSPS) is 13.3. The molecule has 2 aromatic heterocycles. The molecule has 0 bridgehead atoms. The highest BCUT2D eigenvalue weighted by molar-refractivity contribution is 7.14. The van der Waals surface area contributed by atoms with Gasteiger partial charge in [0, 0.05) is 10.9 Å². The maximum absolute atomic E-state index is 13.9. The van der Waals surface area contributed by atoms with E-state index in [2.05, 4.69) is 15.0 Å². The number of carbonyl (C=O) groups is 1. The molecule has 6 nitrogen and oxygen atoms in total. The third-order valence-corrected chi connectivity index (χ3v) is 5.01. The van der Waals surface area contributed by atoms with Crippen molar-refractivity contribution in [3.05, 3.63) is 45.2 Å². The number of fused-ring (bicyclic) bond motifs is 1. The Morgan fingerprint density at radius 2 is 2.17 bits per heavy atom. The molecule has 3 N–H and O–H groups in total. The second kappa shape index (κ2) is 7.29. The number of nitrogens with one attached hydrogen (secondary N) is 1. The predicted octanol–water partition coefficient (Wildman–Crippen LogP) is 1.44. The van der Waals surface area contributed by atoms with Crippen molar-refractivity contribution in [3.63, 3.8) is 0 Å². The summed E-state index contributed by atoms with van der Waals surface area (Å²) < 4.78 is 18.4.